The zero-order valence-corrected chi connectivity index (χ0v) is 9.98. The maximum Gasteiger partial charge on any atom is 0.337 e. The summed E-state index contributed by atoms with van der Waals surface area (Å²) in [5, 5.41) is 15.4. The Balaban J connectivity index is 1.87. The standard InChI is InChI=1S/C12H12N4O3/c17-11(13-5-7-16-6-1-4-15-16)10-3-2-9(8-14-10)12(18)19/h1-4,6,8H,5,7H2,(H,13,17)(H,18,19). The first kappa shape index (κ1) is 12.7. The maximum atomic E-state index is 11.7. The highest BCUT2D eigenvalue weighted by Crippen LogP contribution is 2.00. The molecule has 0 atom stereocenters. The molecule has 0 fully saturated rings. The Morgan fingerprint density at radius 1 is 1.37 bits per heavy atom. The molecule has 2 aromatic rings. The van der Waals surface area contributed by atoms with Crippen LogP contribution in [0.15, 0.2) is 36.8 Å². The van der Waals surface area contributed by atoms with E-state index in [0.717, 1.165) is 6.20 Å². The Kier molecular flexibility index (Phi) is 3.87. The molecular weight excluding hydrogens is 248 g/mol. The van der Waals surface area contributed by atoms with Crippen molar-refractivity contribution in [3.05, 3.63) is 48.0 Å². The number of aromatic carboxylic acids is 1. The van der Waals surface area contributed by atoms with E-state index in [0.29, 0.717) is 13.1 Å². The number of rotatable bonds is 5. The molecule has 0 aliphatic carbocycles. The Labute approximate surface area is 108 Å². The number of nitrogens with one attached hydrogen (secondary N) is 1. The van der Waals surface area contributed by atoms with Crippen molar-refractivity contribution < 1.29 is 14.7 Å². The zero-order chi connectivity index (χ0) is 13.7. The third-order valence-electron chi connectivity index (χ3n) is 2.43. The van der Waals surface area contributed by atoms with Crippen molar-refractivity contribution in [3.63, 3.8) is 0 Å². The molecular formula is C12H12N4O3. The smallest absolute Gasteiger partial charge is 0.337 e. The molecule has 0 bridgehead atoms. The molecule has 2 heterocycles. The average Bonchev–Trinajstić information content (AvgIpc) is 2.92. The van der Waals surface area contributed by atoms with Gasteiger partial charge >= 0.3 is 5.97 Å². The van der Waals surface area contributed by atoms with Crippen LogP contribution in [0.1, 0.15) is 20.8 Å². The first-order chi connectivity index (χ1) is 9.16. The van der Waals surface area contributed by atoms with Gasteiger partial charge in [0.15, 0.2) is 0 Å². The van der Waals surface area contributed by atoms with E-state index in [1.165, 1.54) is 12.1 Å². The molecule has 19 heavy (non-hydrogen) atoms. The number of carbonyl (C=O) groups excluding carboxylic acids is 1. The predicted molar refractivity (Wildman–Crippen MR) is 65.8 cm³/mol. The molecule has 0 radical (unpaired) electrons. The minimum absolute atomic E-state index is 0.0492. The Hall–Kier alpha value is -2.70. The lowest BCUT2D eigenvalue weighted by Gasteiger charge is -2.05. The third kappa shape index (κ3) is 3.38. The lowest BCUT2D eigenvalue weighted by Crippen LogP contribution is -2.28. The molecule has 2 rings (SSSR count). The van der Waals surface area contributed by atoms with Crippen molar-refractivity contribution in [2.75, 3.05) is 6.54 Å². The van der Waals surface area contributed by atoms with Crippen LogP contribution < -0.4 is 5.32 Å². The Bertz CT molecular complexity index is 563. The monoisotopic (exact) mass is 260 g/mol. The molecule has 7 heteroatoms. The number of nitrogens with zero attached hydrogens (tertiary/aromatic N) is 3. The van der Waals surface area contributed by atoms with Crippen molar-refractivity contribution >= 4 is 11.9 Å². The van der Waals surface area contributed by atoms with E-state index >= 15 is 0 Å². The predicted octanol–water partition coefficient (Wildman–Crippen LogP) is 0.406. The SMILES string of the molecule is O=C(O)c1ccc(C(=O)NCCn2cccn2)nc1. The van der Waals surface area contributed by atoms with E-state index in [1.54, 1.807) is 23.1 Å². The summed E-state index contributed by atoms with van der Waals surface area (Å²) in [5.41, 5.74) is 0.235. The molecule has 0 aliphatic rings. The fourth-order valence-electron chi connectivity index (χ4n) is 1.46. The van der Waals surface area contributed by atoms with E-state index in [-0.39, 0.29) is 17.2 Å². The van der Waals surface area contributed by atoms with E-state index in [9.17, 15) is 9.59 Å². The maximum absolute atomic E-state index is 11.7. The number of carbonyl (C=O) groups is 2. The summed E-state index contributed by atoms with van der Waals surface area (Å²) >= 11 is 0. The normalized spacial score (nSPS) is 10.1. The van der Waals surface area contributed by atoms with E-state index in [1.807, 2.05) is 0 Å². The van der Waals surface area contributed by atoms with E-state index in [4.69, 9.17) is 5.11 Å². The van der Waals surface area contributed by atoms with Crippen LogP contribution in [0.4, 0.5) is 0 Å². The van der Waals surface area contributed by atoms with Crippen LogP contribution in [-0.4, -0.2) is 38.3 Å². The highest BCUT2D eigenvalue weighted by Gasteiger charge is 2.08. The van der Waals surface area contributed by atoms with Gasteiger partial charge in [-0.3, -0.25) is 14.5 Å². The van der Waals surface area contributed by atoms with Crippen LogP contribution in [0.3, 0.4) is 0 Å². The molecule has 0 spiro atoms. The van der Waals surface area contributed by atoms with E-state index in [2.05, 4.69) is 15.4 Å². The molecule has 0 saturated heterocycles. The summed E-state index contributed by atoms with van der Waals surface area (Å²) < 4.78 is 1.70. The van der Waals surface area contributed by atoms with Crippen LogP contribution >= 0.6 is 0 Å². The van der Waals surface area contributed by atoms with Gasteiger partial charge < -0.3 is 10.4 Å². The van der Waals surface area contributed by atoms with Crippen LogP contribution in [-0.2, 0) is 6.54 Å². The van der Waals surface area contributed by atoms with Crippen LogP contribution in [0, 0.1) is 0 Å². The summed E-state index contributed by atoms with van der Waals surface area (Å²) in [4.78, 5) is 26.1. The third-order valence-corrected chi connectivity index (χ3v) is 2.43. The van der Waals surface area contributed by atoms with Crippen LogP contribution in [0.25, 0.3) is 0 Å². The fourth-order valence-corrected chi connectivity index (χ4v) is 1.46. The van der Waals surface area contributed by atoms with E-state index < -0.39 is 5.97 Å². The van der Waals surface area contributed by atoms with Gasteiger partial charge in [-0.15, -0.1) is 0 Å². The van der Waals surface area contributed by atoms with Crippen molar-refractivity contribution in [3.8, 4) is 0 Å². The second-order valence-corrected chi connectivity index (χ2v) is 3.76. The minimum atomic E-state index is -1.07. The van der Waals surface area contributed by atoms with Crippen LogP contribution in [0.5, 0.6) is 0 Å². The number of pyridine rings is 1. The number of carboxylic acids is 1. The molecule has 98 valence electrons. The van der Waals surface area contributed by atoms with Crippen molar-refractivity contribution in [1.82, 2.24) is 20.1 Å². The van der Waals surface area contributed by atoms with Gasteiger partial charge in [0.05, 0.1) is 12.1 Å². The summed E-state index contributed by atoms with van der Waals surface area (Å²) in [6.07, 6.45) is 4.62. The highest BCUT2D eigenvalue weighted by molar-refractivity contribution is 5.93. The summed E-state index contributed by atoms with van der Waals surface area (Å²) in [6, 6.07) is 4.53. The zero-order valence-electron chi connectivity index (χ0n) is 9.98. The topological polar surface area (TPSA) is 97.1 Å². The summed E-state index contributed by atoms with van der Waals surface area (Å²) in [6.45, 7) is 0.981. The quantitative estimate of drug-likeness (QED) is 0.811. The van der Waals surface area contributed by atoms with Gasteiger partial charge in [0, 0.05) is 25.1 Å². The van der Waals surface area contributed by atoms with Crippen molar-refractivity contribution in [1.29, 1.82) is 0 Å². The minimum Gasteiger partial charge on any atom is -0.478 e. The number of aromatic nitrogens is 3. The largest absolute Gasteiger partial charge is 0.478 e. The van der Waals surface area contributed by atoms with Gasteiger partial charge in [0.25, 0.3) is 5.91 Å². The highest BCUT2D eigenvalue weighted by atomic mass is 16.4. The number of hydrogen-bond acceptors (Lipinski definition) is 4. The number of hydrogen-bond donors (Lipinski definition) is 2. The van der Waals surface area contributed by atoms with Gasteiger partial charge in [-0.2, -0.15) is 5.10 Å². The molecule has 0 aromatic carbocycles. The average molecular weight is 260 g/mol. The van der Waals surface area contributed by atoms with Crippen molar-refractivity contribution in [2.45, 2.75) is 6.54 Å². The lowest BCUT2D eigenvalue weighted by molar-refractivity contribution is 0.0695. The number of carboxylic acid groups (broad SMARTS) is 1. The fraction of sp³-hybridized carbons (Fsp3) is 0.167. The van der Waals surface area contributed by atoms with Gasteiger partial charge in [-0.1, -0.05) is 0 Å². The van der Waals surface area contributed by atoms with Gasteiger partial charge in [0.2, 0.25) is 0 Å². The molecule has 0 saturated carbocycles. The molecule has 0 unspecified atom stereocenters. The van der Waals surface area contributed by atoms with Crippen LogP contribution in [0.2, 0.25) is 0 Å². The molecule has 0 aliphatic heterocycles. The summed E-state index contributed by atoms with van der Waals surface area (Å²) in [7, 11) is 0. The van der Waals surface area contributed by atoms with Gasteiger partial charge in [0.1, 0.15) is 5.69 Å². The van der Waals surface area contributed by atoms with Gasteiger partial charge in [-0.05, 0) is 18.2 Å². The van der Waals surface area contributed by atoms with Gasteiger partial charge in [-0.25, -0.2) is 4.79 Å². The first-order valence-electron chi connectivity index (χ1n) is 5.62. The Morgan fingerprint density at radius 2 is 2.21 bits per heavy atom. The first-order valence-corrected chi connectivity index (χ1v) is 5.62. The summed E-state index contributed by atoms with van der Waals surface area (Å²) in [5.74, 6) is -1.41. The second-order valence-electron chi connectivity index (χ2n) is 3.76. The lowest BCUT2D eigenvalue weighted by atomic mass is 10.2. The molecule has 1 amide bonds. The molecule has 2 N–H and O–H groups in total. The second kappa shape index (κ2) is 5.76. The molecule has 2 aromatic heterocycles. The molecule has 7 nitrogen and oxygen atoms in total. The number of amides is 1. The Morgan fingerprint density at radius 3 is 2.79 bits per heavy atom. The van der Waals surface area contributed by atoms with Crippen molar-refractivity contribution in [2.24, 2.45) is 0 Å².